The van der Waals surface area contributed by atoms with Crippen LogP contribution in [0.25, 0.3) is 0 Å². The lowest BCUT2D eigenvalue weighted by Gasteiger charge is -2.20. The average Bonchev–Trinajstić information content (AvgIpc) is 2.40. The average molecular weight is 314 g/mol. The Labute approximate surface area is 129 Å². The summed E-state index contributed by atoms with van der Waals surface area (Å²) in [6.45, 7) is 4.03. The van der Waals surface area contributed by atoms with Gasteiger partial charge in [0, 0.05) is 11.6 Å². The minimum absolute atomic E-state index is 0.105. The van der Waals surface area contributed by atoms with Crippen molar-refractivity contribution in [3.8, 4) is 0 Å². The molecular formula is C15H20ClNO4. The molecule has 0 aliphatic carbocycles. The number of carboxylic acid groups (broad SMARTS) is 1. The van der Waals surface area contributed by atoms with Gasteiger partial charge in [-0.2, -0.15) is 0 Å². The summed E-state index contributed by atoms with van der Waals surface area (Å²) in [5, 5.41) is 11.8. The number of aliphatic carboxylic acids is 1. The third-order valence-electron chi connectivity index (χ3n) is 2.95. The number of hydrogen-bond acceptors (Lipinski definition) is 3. The third-order valence-corrected chi connectivity index (χ3v) is 3.20. The molecule has 5 nitrogen and oxygen atoms in total. The van der Waals surface area contributed by atoms with Gasteiger partial charge in [0.25, 0.3) is 0 Å². The van der Waals surface area contributed by atoms with Gasteiger partial charge in [-0.25, -0.2) is 4.79 Å². The van der Waals surface area contributed by atoms with Crippen molar-refractivity contribution in [3.05, 3.63) is 34.9 Å². The fraction of sp³-hybridized carbons (Fsp3) is 0.467. The van der Waals surface area contributed by atoms with Crippen LogP contribution >= 0.6 is 11.6 Å². The molecule has 116 valence electrons. The molecule has 0 aromatic heterocycles. The highest BCUT2D eigenvalue weighted by molar-refractivity contribution is 6.30. The predicted octanol–water partition coefficient (Wildman–Crippen LogP) is 2.30. The number of amides is 1. The number of ether oxygens (including phenoxy) is 1. The number of benzene rings is 1. The van der Waals surface area contributed by atoms with Gasteiger partial charge in [0.1, 0.15) is 6.61 Å². The molecule has 0 fully saturated rings. The number of halogens is 1. The van der Waals surface area contributed by atoms with E-state index in [1.54, 1.807) is 12.1 Å². The first-order chi connectivity index (χ1) is 9.91. The summed E-state index contributed by atoms with van der Waals surface area (Å²) in [6.07, 6.45) is 0. The van der Waals surface area contributed by atoms with Crippen LogP contribution in [0.5, 0.6) is 0 Å². The summed E-state index contributed by atoms with van der Waals surface area (Å²) in [4.78, 5) is 22.5. The van der Waals surface area contributed by atoms with Crippen LogP contribution in [0.15, 0.2) is 24.3 Å². The second-order valence-corrected chi connectivity index (χ2v) is 5.45. The highest BCUT2D eigenvalue weighted by Crippen LogP contribution is 2.25. The Balaban J connectivity index is 2.54. The molecule has 0 aliphatic heterocycles. The van der Waals surface area contributed by atoms with Gasteiger partial charge in [-0.3, -0.25) is 4.79 Å². The van der Waals surface area contributed by atoms with E-state index in [9.17, 15) is 9.59 Å². The highest BCUT2D eigenvalue weighted by Gasteiger charge is 2.23. The van der Waals surface area contributed by atoms with Crippen molar-refractivity contribution in [3.63, 3.8) is 0 Å². The van der Waals surface area contributed by atoms with E-state index in [1.807, 2.05) is 26.0 Å². The van der Waals surface area contributed by atoms with Gasteiger partial charge in [-0.05, 0) is 23.6 Å². The molecule has 1 aromatic rings. The van der Waals surface area contributed by atoms with Crippen LogP contribution in [0.3, 0.4) is 0 Å². The molecule has 1 unspecified atom stereocenters. The van der Waals surface area contributed by atoms with E-state index in [0.29, 0.717) is 5.02 Å². The van der Waals surface area contributed by atoms with Crippen LogP contribution < -0.4 is 5.32 Å². The van der Waals surface area contributed by atoms with Crippen molar-refractivity contribution in [1.82, 2.24) is 5.32 Å². The number of carbonyl (C=O) groups is 2. The minimum atomic E-state index is -1.03. The van der Waals surface area contributed by atoms with Crippen molar-refractivity contribution >= 4 is 23.5 Å². The molecule has 1 rings (SSSR count). The second-order valence-electron chi connectivity index (χ2n) is 5.01. The van der Waals surface area contributed by atoms with E-state index in [4.69, 9.17) is 21.4 Å². The Kier molecular flexibility index (Phi) is 7.19. The number of carbonyl (C=O) groups excluding carboxylic acids is 1. The zero-order chi connectivity index (χ0) is 15.8. The number of rotatable bonds is 8. The number of carboxylic acids is 1. The zero-order valence-electron chi connectivity index (χ0n) is 12.1. The largest absolute Gasteiger partial charge is 0.480 e. The van der Waals surface area contributed by atoms with Gasteiger partial charge < -0.3 is 15.2 Å². The molecule has 21 heavy (non-hydrogen) atoms. The van der Waals surface area contributed by atoms with E-state index in [2.05, 4.69) is 5.32 Å². The van der Waals surface area contributed by atoms with Crippen molar-refractivity contribution in [2.24, 2.45) is 5.92 Å². The van der Waals surface area contributed by atoms with Gasteiger partial charge in [-0.1, -0.05) is 37.6 Å². The quantitative estimate of drug-likeness (QED) is 0.722. The molecule has 1 atom stereocenters. The van der Waals surface area contributed by atoms with E-state index >= 15 is 0 Å². The maximum Gasteiger partial charge on any atom is 0.329 e. The van der Waals surface area contributed by atoms with Crippen molar-refractivity contribution in [1.29, 1.82) is 0 Å². The minimum Gasteiger partial charge on any atom is -0.480 e. The lowest BCUT2D eigenvalue weighted by Crippen LogP contribution is -2.34. The molecule has 0 bridgehead atoms. The second kappa shape index (κ2) is 8.64. The Hall–Kier alpha value is -1.59. The van der Waals surface area contributed by atoms with E-state index < -0.39 is 5.97 Å². The standard InChI is InChI=1S/C15H20ClNO4/c1-10(2)14(11-3-5-12(16)6-4-11)15(20)17-7-8-21-9-13(18)19/h3-6,10,14H,7-9H2,1-2H3,(H,17,20)(H,18,19). The third kappa shape index (κ3) is 6.14. The fourth-order valence-electron chi connectivity index (χ4n) is 2.02. The van der Waals surface area contributed by atoms with Crippen molar-refractivity contribution in [2.75, 3.05) is 19.8 Å². The van der Waals surface area contributed by atoms with Crippen molar-refractivity contribution < 1.29 is 19.4 Å². The molecule has 2 N–H and O–H groups in total. The van der Waals surface area contributed by atoms with Gasteiger partial charge in [0.05, 0.1) is 12.5 Å². The molecule has 0 aliphatic rings. The SMILES string of the molecule is CC(C)C(C(=O)NCCOCC(=O)O)c1ccc(Cl)cc1. The molecule has 0 radical (unpaired) electrons. The summed E-state index contributed by atoms with van der Waals surface area (Å²) in [5.74, 6) is -1.28. The van der Waals surface area contributed by atoms with Crippen LogP contribution in [-0.4, -0.2) is 36.7 Å². The number of nitrogens with one attached hydrogen (secondary N) is 1. The van der Waals surface area contributed by atoms with E-state index in [1.165, 1.54) is 0 Å². The molecule has 1 amide bonds. The van der Waals surface area contributed by atoms with Crippen LogP contribution in [0, 0.1) is 5.92 Å². The highest BCUT2D eigenvalue weighted by atomic mass is 35.5. The van der Waals surface area contributed by atoms with Crippen molar-refractivity contribution in [2.45, 2.75) is 19.8 Å². The fourth-order valence-corrected chi connectivity index (χ4v) is 2.15. The van der Waals surface area contributed by atoms with Crippen LogP contribution in [0.2, 0.25) is 5.02 Å². The van der Waals surface area contributed by atoms with Gasteiger partial charge >= 0.3 is 5.97 Å². The Morgan fingerprint density at radius 1 is 1.29 bits per heavy atom. The Morgan fingerprint density at radius 2 is 1.90 bits per heavy atom. The zero-order valence-corrected chi connectivity index (χ0v) is 12.9. The molecule has 0 spiro atoms. The van der Waals surface area contributed by atoms with Gasteiger partial charge in [-0.15, -0.1) is 0 Å². The monoisotopic (exact) mass is 313 g/mol. The summed E-state index contributed by atoms with van der Waals surface area (Å²) in [5.41, 5.74) is 0.901. The lowest BCUT2D eigenvalue weighted by molar-refractivity contribution is -0.142. The predicted molar refractivity (Wildman–Crippen MR) is 80.5 cm³/mol. The van der Waals surface area contributed by atoms with Crippen LogP contribution in [0.4, 0.5) is 0 Å². The Morgan fingerprint density at radius 3 is 2.43 bits per heavy atom. The van der Waals surface area contributed by atoms with Gasteiger partial charge in [0.2, 0.25) is 5.91 Å². The first kappa shape index (κ1) is 17.5. The lowest BCUT2D eigenvalue weighted by atomic mass is 9.87. The molecule has 0 saturated carbocycles. The topological polar surface area (TPSA) is 75.6 Å². The van der Waals surface area contributed by atoms with Crippen LogP contribution in [0.1, 0.15) is 25.3 Å². The van der Waals surface area contributed by atoms with E-state index in [-0.39, 0.29) is 37.5 Å². The molecule has 0 saturated heterocycles. The molecule has 0 heterocycles. The molecular weight excluding hydrogens is 294 g/mol. The molecule has 6 heteroatoms. The number of hydrogen-bond donors (Lipinski definition) is 2. The summed E-state index contributed by atoms with van der Waals surface area (Å²) in [7, 11) is 0. The maximum atomic E-state index is 12.3. The smallest absolute Gasteiger partial charge is 0.329 e. The first-order valence-corrected chi connectivity index (χ1v) is 7.12. The summed E-state index contributed by atoms with van der Waals surface area (Å²) < 4.78 is 4.88. The van der Waals surface area contributed by atoms with Crippen LogP contribution in [-0.2, 0) is 14.3 Å². The maximum absolute atomic E-state index is 12.3. The summed E-state index contributed by atoms with van der Waals surface area (Å²) >= 11 is 5.85. The van der Waals surface area contributed by atoms with E-state index in [0.717, 1.165) is 5.56 Å². The normalized spacial score (nSPS) is 12.2. The molecule has 1 aromatic carbocycles. The Bertz CT molecular complexity index is 473. The van der Waals surface area contributed by atoms with Gasteiger partial charge in [0.15, 0.2) is 0 Å². The first-order valence-electron chi connectivity index (χ1n) is 6.74. The summed E-state index contributed by atoms with van der Waals surface area (Å²) in [6, 6.07) is 7.20.